The molecule has 35 heavy (non-hydrogen) atoms. The van der Waals surface area contributed by atoms with Crippen LogP contribution in [0.4, 0.5) is 0 Å². The number of benzene rings is 3. The zero-order chi connectivity index (χ0) is 24.6. The molecule has 1 heterocycles. The molecule has 4 rings (SSSR count). The predicted molar refractivity (Wildman–Crippen MR) is 141 cm³/mol. The molecule has 3 aromatic carbocycles. The van der Waals surface area contributed by atoms with Gasteiger partial charge in [0.25, 0.3) is 0 Å². The Hall–Kier alpha value is -3.16. The highest BCUT2D eigenvalue weighted by Gasteiger charge is 2.39. The largest absolute Gasteiger partial charge is 0.354 e. The third-order valence-corrected chi connectivity index (χ3v) is 6.26. The molecule has 1 unspecified atom stereocenters. The predicted octanol–water partition coefficient (Wildman–Crippen LogP) is 6.73. The molecule has 0 amide bonds. The molecule has 1 fully saturated rings. The first kappa shape index (κ1) is 24.9. The van der Waals surface area contributed by atoms with Crippen molar-refractivity contribution in [2.24, 2.45) is 5.92 Å². The first-order chi connectivity index (χ1) is 17.0. The van der Waals surface area contributed by atoms with Gasteiger partial charge in [0, 0.05) is 6.42 Å². The van der Waals surface area contributed by atoms with Crippen LogP contribution in [0.3, 0.4) is 0 Å². The van der Waals surface area contributed by atoms with E-state index in [-0.39, 0.29) is 12.0 Å². The maximum atomic E-state index is 7.03. The summed E-state index contributed by atoms with van der Waals surface area (Å²) in [6, 6.07) is 31.2. The highest BCUT2D eigenvalue weighted by molar-refractivity contribution is 5.47. The van der Waals surface area contributed by atoms with Crippen molar-refractivity contribution in [1.82, 2.24) is 0 Å². The molecule has 0 aromatic heterocycles. The molecule has 0 bridgehead atoms. The van der Waals surface area contributed by atoms with Crippen LogP contribution >= 0.6 is 0 Å². The van der Waals surface area contributed by atoms with E-state index in [0.29, 0.717) is 19.6 Å². The highest BCUT2D eigenvalue weighted by Crippen LogP contribution is 2.41. The van der Waals surface area contributed by atoms with Gasteiger partial charge in [-0.2, -0.15) is 0 Å². The third kappa shape index (κ3) is 6.10. The van der Waals surface area contributed by atoms with E-state index in [2.05, 4.69) is 91.2 Å². The monoisotopic (exact) mass is 466 g/mol. The van der Waals surface area contributed by atoms with Gasteiger partial charge in [0.15, 0.2) is 5.79 Å². The summed E-state index contributed by atoms with van der Waals surface area (Å²) in [7, 11) is 0. The average Bonchev–Trinajstić information content (AvgIpc) is 2.91. The second kappa shape index (κ2) is 11.5. The first-order valence-electron chi connectivity index (χ1n) is 12.3. The molecule has 1 aliphatic heterocycles. The minimum Gasteiger partial charge on any atom is -0.354 e. The summed E-state index contributed by atoms with van der Waals surface area (Å²) in [4.78, 5) is 0. The van der Waals surface area contributed by atoms with Gasteiger partial charge in [-0.25, -0.2) is 0 Å². The third-order valence-electron chi connectivity index (χ3n) is 6.26. The van der Waals surface area contributed by atoms with Crippen LogP contribution in [0.25, 0.3) is 0 Å². The molecule has 1 atom stereocenters. The summed E-state index contributed by atoms with van der Waals surface area (Å²) in [5.41, 5.74) is 2.46. The summed E-state index contributed by atoms with van der Waals surface area (Å²) in [6.45, 7) is 9.16. The lowest BCUT2D eigenvalue weighted by molar-refractivity contribution is -0.254. The van der Waals surface area contributed by atoms with E-state index < -0.39 is 11.4 Å². The first-order valence-corrected chi connectivity index (χ1v) is 12.3. The van der Waals surface area contributed by atoms with Crippen LogP contribution in [-0.4, -0.2) is 25.1 Å². The summed E-state index contributed by atoms with van der Waals surface area (Å²) in [6.07, 6.45) is 3.14. The molecule has 0 radical (unpaired) electrons. The van der Waals surface area contributed by atoms with Crippen LogP contribution < -0.4 is 0 Å². The maximum absolute atomic E-state index is 7.03. The Bertz CT molecular complexity index is 1020. The van der Waals surface area contributed by atoms with E-state index in [4.69, 9.17) is 14.2 Å². The second-order valence-corrected chi connectivity index (χ2v) is 9.25. The van der Waals surface area contributed by atoms with Crippen LogP contribution in [0.15, 0.2) is 104 Å². The maximum Gasteiger partial charge on any atom is 0.162 e. The standard InChI is InChI=1S/C32H34O3/c1-4-30(23-15-14-16-26-24-33-31(2,3)34-25-26)35-32(27-17-8-5-9-18-27,28-19-10-6-11-20-28)29-21-12-7-13-22-29/h4-13,17-22,26,30H,1,15,23-25H2,2-3H3. The van der Waals surface area contributed by atoms with Crippen LogP contribution in [0, 0.1) is 17.8 Å². The average molecular weight is 467 g/mol. The van der Waals surface area contributed by atoms with Crippen LogP contribution in [-0.2, 0) is 19.8 Å². The van der Waals surface area contributed by atoms with Crippen molar-refractivity contribution >= 4 is 0 Å². The van der Waals surface area contributed by atoms with E-state index in [0.717, 1.165) is 23.1 Å². The lowest BCUT2D eigenvalue weighted by atomic mass is 9.79. The second-order valence-electron chi connectivity index (χ2n) is 9.25. The van der Waals surface area contributed by atoms with Crippen molar-refractivity contribution in [2.45, 2.75) is 44.2 Å². The zero-order valence-electron chi connectivity index (χ0n) is 20.7. The van der Waals surface area contributed by atoms with Gasteiger partial charge >= 0.3 is 0 Å². The lowest BCUT2D eigenvalue weighted by Crippen LogP contribution is -2.38. The summed E-state index contributed by atoms with van der Waals surface area (Å²) < 4.78 is 18.5. The molecule has 3 heteroatoms. The molecule has 3 nitrogen and oxygen atoms in total. The number of hydrogen-bond acceptors (Lipinski definition) is 3. The Morgan fingerprint density at radius 2 is 1.34 bits per heavy atom. The highest BCUT2D eigenvalue weighted by atomic mass is 16.7. The van der Waals surface area contributed by atoms with Gasteiger partial charge in [-0.1, -0.05) is 103 Å². The van der Waals surface area contributed by atoms with Crippen molar-refractivity contribution in [1.29, 1.82) is 0 Å². The number of ether oxygens (including phenoxy) is 3. The van der Waals surface area contributed by atoms with Gasteiger partial charge in [0.2, 0.25) is 0 Å². The molecule has 0 N–H and O–H groups in total. The zero-order valence-corrected chi connectivity index (χ0v) is 20.7. The van der Waals surface area contributed by atoms with Crippen molar-refractivity contribution in [3.05, 3.63) is 120 Å². The van der Waals surface area contributed by atoms with Crippen molar-refractivity contribution in [3.8, 4) is 11.8 Å². The molecular weight excluding hydrogens is 432 g/mol. The fraction of sp³-hybridized carbons (Fsp3) is 0.312. The van der Waals surface area contributed by atoms with E-state index in [9.17, 15) is 0 Å². The Kier molecular flexibility index (Phi) is 8.21. The Morgan fingerprint density at radius 1 is 0.886 bits per heavy atom. The smallest absolute Gasteiger partial charge is 0.162 e. The molecular formula is C32H34O3. The van der Waals surface area contributed by atoms with Crippen molar-refractivity contribution in [3.63, 3.8) is 0 Å². The lowest BCUT2D eigenvalue weighted by Gasteiger charge is -2.38. The summed E-state index contributed by atoms with van der Waals surface area (Å²) >= 11 is 0. The van der Waals surface area contributed by atoms with E-state index >= 15 is 0 Å². The van der Waals surface area contributed by atoms with Gasteiger partial charge < -0.3 is 14.2 Å². The van der Waals surface area contributed by atoms with E-state index in [1.165, 1.54) is 0 Å². The number of rotatable bonds is 8. The van der Waals surface area contributed by atoms with Crippen molar-refractivity contribution in [2.75, 3.05) is 13.2 Å². The minimum absolute atomic E-state index is 0.100. The summed E-state index contributed by atoms with van der Waals surface area (Å²) in [5, 5.41) is 0. The molecule has 1 saturated heterocycles. The fourth-order valence-electron chi connectivity index (χ4n) is 4.38. The van der Waals surface area contributed by atoms with Crippen molar-refractivity contribution < 1.29 is 14.2 Å². The van der Waals surface area contributed by atoms with Gasteiger partial charge in [-0.15, -0.1) is 12.5 Å². The van der Waals surface area contributed by atoms with E-state index in [1.807, 2.05) is 38.1 Å². The van der Waals surface area contributed by atoms with Gasteiger partial charge in [0.1, 0.15) is 5.60 Å². The van der Waals surface area contributed by atoms with Crippen LogP contribution in [0.1, 0.15) is 43.4 Å². The topological polar surface area (TPSA) is 27.7 Å². The fourth-order valence-corrected chi connectivity index (χ4v) is 4.38. The molecule has 0 saturated carbocycles. The minimum atomic E-state index is -0.771. The quantitative estimate of drug-likeness (QED) is 0.209. The van der Waals surface area contributed by atoms with Gasteiger partial charge in [0.05, 0.1) is 25.2 Å². The molecule has 0 aliphatic carbocycles. The Balaban J connectivity index is 1.60. The molecule has 3 aromatic rings. The number of hydrogen-bond donors (Lipinski definition) is 0. The van der Waals surface area contributed by atoms with Gasteiger partial charge in [-0.3, -0.25) is 0 Å². The SMILES string of the molecule is C=CC(CCC#CC1COC(C)(C)OC1)OC(c1ccccc1)(c1ccccc1)c1ccccc1. The molecule has 180 valence electrons. The Labute approximate surface area is 209 Å². The summed E-state index contributed by atoms with van der Waals surface area (Å²) in [5.74, 6) is 6.20. The van der Waals surface area contributed by atoms with E-state index in [1.54, 1.807) is 0 Å². The van der Waals surface area contributed by atoms with Gasteiger partial charge in [-0.05, 0) is 37.0 Å². The van der Waals surface area contributed by atoms with Crippen LogP contribution in [0.5, 0.6) is 0 Å². The normalized spacial score (nSPS) is 16.6. The van der Waals surface area contributed by atoms with Crippen LogP contribution in [0.2, 0.25) is 0 Å². The Morgan fingerprint density at radius 3 is 1.77 bits per heavy atom. The molecule has 0 spiro atoms. The molecule has 1 aliphatic rings.